The van der Waals surface area contributed by atoms with Crippen LogP contribution in [0.5, 0.6) is 0 Å². The summed E-state index contributed by atoms with van der Waals surface area (Å²) in [5, 5.41) is 0. The van der Waals surface area contributed by atoms with Crippen LogP contribution in [0.15, 0.2) is 87.5 Å². The Morgan fingerprint density at radius 3 is 0.735 bits per heavy atom. The van der Waals surface area contributed by atoms with Gasteiger partial charge in [0, 0.05) is 0 Å². The van der Waals surface area contributed by atoms with Crippen LogP contribution in [0.25, 0.3) is 0 Å². The molecule has 0 spiro atoms. The van der Waals surface area contributed by atoms with Crippen molar-refractivity contribution in [3.05, 3.63) is 90.2 Å². The molecule has 0 saturated carbocycles. The van der Waals surface area contributed by atoms with Crippen LogP contribution in [-0.4, -0.2) is 38.9 Å². The predicted octanol–water partition coefficient (Wildman–Crippen LogP) is 2.19. The van der Waals surface area contributed by atoms with Gasteiger partial charge in [0.1, 0.15) is 47.8 Å². The minimum Gasteiger partial charge on any atom is -0.744 e. The Morgan fingerprint density at radius 2 is 0.618 bits per heavy atom. The van der Waals surface area contributed by atoms with Crippen LogP contribution < -0.4 is 0 Å². The molecule has 0 unspecified atom stereocenters. The maximum Gasteiger partial charge on any atom is 3.00 e. The summed E-state index contributed by atoms with van der Waals surface area (Å²) < 4.78 is 130. The third kappa shape index (κ3) is 10.8. The molecule has 0 N–H and O–H groups in total. The molecule has 0 atom stereocenters. The van der Waals surface area contributed by atoms with Gasteiger partial charge in [-0.1, -0.05) is 36.4 Å². The summed E-state index contributed by atoms with van der Waals surface area (Å²) in [6, 6.07) is 13.3. The number of halogens is 3. The monoisotopic (exact) mass is 689 g/mol. The predicted molar refractivity (Wildman–Crippen MR) is 103 cm³/mol. The third-order valence-electron chi connectivity index (χ3n) is 3.32. The maximum atomic E-state index is 12.5. The zero-order valence-corrected chi connectivity index (χ0v) is 20.8. The molecule has 0 amide bonds. The molecular weight excluding hydrogens is 676 g/mol. The van der Waals surface area contributed by atoms with E-state index in [9.17, 15) is 52.1 Å². The number of hydrogen-bond acceptors (Lipinski definition) is 9. The summed E-state index contributed by atoms with van der Waals surface area (Å²) >= 11 is 0. The molecule has 0 fully saturated rings. The van der Waals surface area contributed by atoms with Crippen molar-refractivity contribution in [2.75, 3.05) is 0 Å². The summed E-state index contributed by atoms with van der Waals surface area (Å²) in [4.78, 5) is -2.42. The molecule has 9 nitrogen and oxygen atoms in total. The molecule has 3 rings (SSSR count). The third-order valence-corrected chi connectivity index (χ3v) is 5.93. The van der Waals surface area contributed by atoms with Gasteiger partial charge in [-0.05, 0) is 36.4 Å². The van der Waals surface area contributed by atoms with Crippen LogP contribution in [0.3, 0.4) is 0 Å². The van der Waals surface area contributed by atoms with E-state index in [0.29, 0.717) is 0 Å². The van der Waals surface area contributed by atoms with Crippen LogP contribution in [0.4, 0.5) is 13.2 Å². The van der Waals surface area contributed by atoms with Gasteiger partial charge in [0.15, 0.2) is 0 Å². The van der Waals surface area contributed by atoms with E-state index in [-0.39, 0.29) is 38.2 Å². The van der Waals surface area contributed by atoms with E-state index < -0.39 is 62.5 Å². The molecule has 0 saturated heterocycles. The fourth-order valence-electron chi connectivity index (χ4n) is 1.94. The Bertz CT molecular complexity index is 1250. The Morgan fingerprint density at radius 1 is 0.441 bits per heavy atom. The molecule has 0 aliphatic carbocycles. The van der Waals surface area contributed by atoms with Gasteiger partial charge >= 0.3 is 38.2 Å². The Balaban J connectivity index is 0.000000473. The van der Waals surface area contributed by atoms with Crippen molar-refractivity contribution in [1.82, 2.24) is 0 Å². The second kappa shape index (κ2) is 13.5. The normalized spacial score (nSPS) is 11.1. The Hall–Kier alpha value is -1.55. The van der Waals surface area contributed by atoms with E-state index in [4.69, 9.17) is 0 Å². The van der Waals surface area contributed by atoms with Crippen molar-refractivity contribution in [3.63, 3.8) is 0 Å². The minimum atomic E-state index is -4.66. The molecule has 0 heterocycles. The second-order valence-electron chi connectivity index (χ2n) is 5.65. The fraction of sp³-hybridized carbons (Fsp3) is 0. The first-order valence-electron chi connectivity index (χ1n) is 8.16. The van der Waals surface area contributed by atoms with Crippen LogP contribution in [0, 0.1) is 55.6 Å². The van der Waals surface area contributed by atoms with Crippen molar-refractivity contribution < 1.29 is 90.3 Å². The molecular formula is C18H12DyF3O9S3. The number of rotatable bonds is 3. The van der Waals surface area contributed by atoms with Crippen LogP contribution in [-0.2, 0) is 30.4 Å². The molecule has 1 radical (unpaired) electrons. The van der Waals surface area contributed by atoms with Crippen LogP contribution in [0.2, 0.25) is 0 Å². The minimum absolute atomic E-state index is 0. The first kappa shape index (κ1) is 32.5. The first-order valence-corrected chi connectivity index (χ1v) is 12.4. The molecule has 187 valence electrons. The average Bonchev–Trinajstić information content (AvgIpc) is 2.67. The average molecular weight is 688 g/mol. The van der Waals surface area contributed by atoms with Gasteiger partial charge in [-0.15, -0.1) is 0 Å². The van der Waals surface area contributed by atoms with E-state index in [1.165, 1.54) is 36.4 Å². The van der Waals surface area contributed by atoms with E-state index in [1.807, 2.05) is 0 Å². The van der Waals surface area contributed by atoms with E-state index >= 15 is 0 Å². The van der Waals surface area contributed by atoms with E-state index in [2.05, 4.69) is 0 Å². The van der Waals surface area contributed by atoms with Crippen molar-refractivity contribution in [2.45, 2.75) is 14.7 Å². The molecule has 3 aromatic rings. The van der Waals surface area contributed by atoms with Crippen LogP contribution in [0.1, 0.15) is 0 Å². The zero-order chi connectivity index (χ0) is 25.4. The van der Waals surface area contributed by atoms with Gasteiger partial charge in [0.25, 0.3) is 0 Å². The van der Waals surface area contributed by atoms with Crippen molar-refractivity contribution >= 4 is 30.4 Å². The van der Waals surface area contributed by atoms with E-state index in [0.717, 1.165) is 36.4 Å². The SMILES string of the molecule is O=S(=O)([O-])c1ccccc1F.O=S(=O)([O-])c1ccccc1F.O=S(=O)([O-])c1ccccc1F.[Dy+3]. The summed E-state index contributed by atoms with van der Waals surface area (Å²) in [5.74, 6) is -3.03. The Labute approximate surface area is 223 Å². The number of hydrogen-bond donors (Lipinski definition) is 0. The molecule has 3 aromatic carbocycles. The zero-order valence-electron chi connectivity index (χ0n) is 16.3. The topological polar surface area (TPSA) is 172 Å². The summed E-state index contributed by atoms with van der Waals surface area (Å²) in [6.07, 6.45) is 0. The number of benzene rings is 3. The standard InChI is InChI=1S/3C6H5FO3S.Dy/c3*7-5-3-1-2-4-6(5)11(8,9)10;/h3*1-4H,(H,8,9,10);/q;;;+3/p-3. The summed E-state index contributed by atoms with van der Waals surface area (Å²) in [6.45, 7) is 0. The molecule has 0 aliphatic rings. The van der Waals surface area contributed by atoms with Crippen molar-refractivity contribution in [1.29, 1.82) is 0 Å². The van der Waals surface area contributed by atoms with Gasteiger partial charge in [0.2, 0.25) is 0 Å². The molecule has 0 aromatic heterocycles. The molecule has 34 heavy (non-hydrogen) atoms. The van der Waals surface area contributed by atoms with Crippen molar-refractivity contribution in [3.8, 4) is 0 Å². The van der Waals surface area contributed by atoms with Crippen molar-refractivity contribution in [2.24, 2.45) is 0 Å². The van der Waals surface area contributed by atoms with Gasteiger partial charge in [-0.3, -0.25) is 0 Å². The quantitative estimate of drug-likeness (QED) is 0.374. The molecule has 16 heteroatoms. The van der Waals surface area contributed by atoms with Gasteiger partial charge < -0.3 is 13.7 Å². The smallest absolute Gasteiger partial charge is 0.744 e. The second-order valence-corrected chi connectivity index (χ2v) is 9.70. The summed E-state index contributed by atoms with van der Waals surface area (Å²) in [7, 11) is -14.0. The Kier molecular flexibility index (Phi) is 12.9. The molecule has 0 aliphatic heterocycles. The largest absolute Gasteiger partial charge is 3.00 e. The molecule has 0 bridgehead atoms. The van der Waals surface area contributed by atoms with Gasteiger partial charge in [-0.25, -0.2) is 38.4 Å². The van der Waals surface area contributed by atoms with Gasteiger partial charge in [-0.2, -0.15) is 0 Å². The van der Waals surface area contributed by atoms with Crippen LogP contribution >= 0.6 is 0 Å². The summed E-state index contributed by atoms with van der Waals surface area (Å²) in [5.41, 5.74) is 0. The van der Waals surface area contributed by atoms with Gasteiger partial charge in [0.05, 0.1) is 14.7 Å². The first-order chi connectivity index (χ1) is 15.0. The fourth-order valence-corrected chi connectivity index (χ4v) is 3.60. The maximum absolute atomic E-state index is 12.5. The van der Waals surface area contributed by atoms with E-state index in [1.54, 1.807) is 0 Å².